The van der Waals surface area contributed by atoms with Crippen molar-refractivity contribution in [2.24, 2.45) is 0 Å². The predicted molar refractivity (Wildman–Crippen MR) is 102 cm³/mol. The van der Waals surface area contributed by atoms with E-state index in [1.165, 1.54) is 49.4 Å². The van der Waals surface area contributed by atoms with E-state index in [2.05, 4.69) is 4.74 Å². The van der Waals surface area contributed by atoms with Crippen molar-refractivity contribution in [3.8, 4) is 5.75 Å². The molecule has 0 aliphatic heterocycles. The number of carbonyl (C=O) groups excluding carboxylic acids is 1. The van der Waals surface area contributed by atoms with Gasteiger partial charge < -0.3 is 9.47 Å². The largest absolute Gasteiger partial charge is 0.494 e. The van der Waals surface area contributed by atoms with Crippen LogP contribution in [0.5, 0.6) is 5.75 Å². The molecule has 0 heterocycles. The van der Waals surface area contributed by atoms with Gasteiger partial charge in [-0.3, -0.25) is 19.2 Å². The summed E-state index contributed by atoms with van der Waals surface area (Å²) in [6.07, 6.45) is 0. The van der Waals surface area contributed by atoms with E-state index in [1.54, 1.807) is 6.92 Å². The number of nitro groups is 1. The summed E-state index contributed by atoms with van der Waals surface area (Å²) in [4.78, 5) is 22.4. The van der Waals surface area contributed by atoms with Gasteiger partial charge in [0.2, 0.25) is 0 Å². The molecular weight excluding hydrogens is 388 g/mol. The summed E-state index contributed by atoms with van der Waals surface area (Å²) in [5.41, 5.74) is -0.117. The van der Waals surface area contributed by atoms with Crippen LogP contribution >= 0.6 is 0 Å². The van der Waals surface area contributed by atoms with Crippen LogP contribution in [0.2, 0.25) is 0 Å². The first-order valence-corrected chi connectivity index (χ1v) is 9.72. The Balaban J connectivity index is 2.58. The van der Waals surface area contributed by atoms with Gasteiger partial charge in [-0.2, -0.15) is 0 Å². The molecule has 0 aromatic heterocycles. The van der Waals surface area contributed by atoms with Crippen LogP contribution in [0.1, 0.15) is 12.5 Å². The number of hydrogen-bond acceptors (Lipinski definition) is 7. The fourth-order valence-electron chi connectivity index (χ4n) is 2.56. The highest BCUT2D eigenvalue weighted by Crippen LogP contribution is 2.32. The lowest BCUT2D eigenvalue weighted by Crippen LogP contribution is -2.36. The molecule has 0 atom stereocenters. The molecule has 0 N–H and O–H groups in total. The van der Waals surface area contributed by atoms with Crippen molar-refractivity contribution >= 4 is 27.4 Å². The second-order valence-corrected chi connectivity index (χ2v) is 7.53. The Kier molecular flexibility index (Phi) is 6.57. The minimum absolute atomic E-state index is 0.0217. The second kappa shape index (κ2) is 8.70. The zero-order valence-electron chi connectivity index (χ0n) is 15.6. The number of anilines is 1. The number of carbonyl (C=O) groups is 1. The van der Waals surface area contributed by atoms with Gasteiger partial charge in [-0.05, 0) is 44.2 Å². The van der Waals surface area contributed by atoms with E-state index in [0.717, 1.165) is 11.4 Å². The molecule has 9 nitrogen and oxygen atoms in total. The summed E-state index contributed by atoms with van der Waals surface area (Å²) >= 11 is 0. The smallest absolute Gasteiger partial charge is 0.326 e. The standard InChI is InChI=1S/C18H20N2O7S/c1-4-27-14-8-10-15(11-9-14)28(24,25)19(12-18(21)26-3)16-6-5-7-17(13(16)2)20(22)23/h5-11H,4,12H2,1-3H3. The first-order chi connectivity index (χ1) is 13.2. The third kappa shape index (κ3) is 4.39. The number of sulfonamides is 1. The zero-order valence-corrected chi connectivity index (χ0v) is 16.4. The highest BCUT2D eigenvalue weighted by molar-refractivity contribution is 7.92. The fraction of sp³-hybridized carbons (Fsp3) is 0.278. The molecule has 0 saturated carbocycles. The summed E-state index contributed by atoms with van der Waals surface area (Å²) in [5.74, 6) is -0.312. The number of nitrogens with zero attached hydrogens (tertiary/aromatic N) is 2. The molecule has 0 radical (unpaired) electrons. The van der Waals surface area contributed by atoms with Crippen LogP contribution in [-0.2, 0) is 19.6 Å². The Morgan fingerprint density at radius 2 is 1.82 bits per heavy atom. The van der Waals surface area contributed by atoms with Gasteiger partial charge in [-0.25, -0.2) is 8.42 Å². The average Bonchev–Trinajstić information content (AvgIpc) is 2.66. The van der Waals surface area contributed by atoms with Gasteiger partial charge in [0, 0.05) is 6.07 Å². The van der Waals surface area contributed by atoms with Gasteiger partial charge in [0.25, 0.3) is 15.7 Å². The second-order valence-electron chi connectivity index (χ2n) is 5.67. The quantitative estimate of drug-likeness (QED) is 0.374. The maximum absolute atomic E-state index is 13.2. The summed E-state index contributed by atoms with van der Waals surface area (Å²) in [6, 6.07) is 9.70. The van der Waals surface area contributed by atoms with E-state index < -0.39 is 27.5 Å². The Hall–Kier alpha value is -3.14. The molecule has 0 aliphatic carbocycles. The lowest BCUT2D eigenvalue weighted by molar-refractivity contribution is -0.385. The SMILES string of the molecule is CCOc1ccc(S(=O)(=O)N(CC(=O)OC)c2cccc([N+](=O)[O-])c2C)cc1. The van der Waals surface area contributed by atoms with Crippen molar-refractivity contribution in [2.45, 2.75) is 18.7 Å². The Morgan fingerprint density at radius 3 is 2.36 bits per heavy atom. The number of benzene rings is 2. The van der Waals surface area contributed by atoms with E-state index >= 15 is 0 Å². The first-order valence-electron chi connectivity index (χ1n) is 8.28. The maximum atomic E-state index is 13.2. The van der Waals surface area contributed by atoms with Gasteiger partial charge in [0.15, 0.2) is 0 Å². The molecule has 2 aromatic rings. The highest BCUT2D eigenvalue weighted by atomic mass is 32.2. The van der Waals surface area contributed by atoms with Gasteiger partial charge in [0.1, 0.15) is 12.3 Å². The number of nitro benzene ring substituents is 1. The van der Waals surface area contributed by atoms with Crippen LogP contribution < -0.4 is 9.04 Å². The normalized spacial score (nSPS) is 11.0. The number of hydrogen-bond donors (Lipinski definition) is 0. The molecule has 0 amide bonds. The summed E-state index contributed by atoms with van der Waals surface area (Å²) < 4.78 is 37.1. The third-order valence-corrected chi connectivity index (χ3v) is 5.74. The van der Waals surface area contributed by atoms with E-state index in [-0.39, 0.29) is 21.8 Å². The van der Waals surface area contributed by atoms with Gasteiger partial charge in [0.05, 0.1) is 34.8 Å². The van der Waals surface area contributed by atoms with E-state index in [4.69, 9.17) is 4.74 Å². The molecule has 28 heavy (non-hydrogen) atoms. The summed E-state index contributed by atoms with van der Waals surface area (Å²) in [5, 5.41) is 11.2. The van der Waals surface area contributed by atoms with Crippen molar-refractivity contribution in [2.75, 3.05) is 24.6 Å². The number of methoxy groups -OCH3 is 1. The Labute approximate surface area is 162 Å². The monoisotopic (exact) mass is 408 g/mol. The summed E-state index contributed by atoms with van der Waals surface area (Å²) in [6.45, 7) is 3.01. The van der Waals surface area contributed by atoms with Crippen LogP contribution in [0, 0.1) is 17.0 Å². The minimum Gasteiger partial charge on any atom is -0.494 e. The lowest BCUT2D eigenvalue weighted by atomic mass is 10.1. The Morgan fingerprint density at radius 1 is 1.18 bits per heavy atom. The van der Waals surface area contributed by atoms with Crippen molar-refractivity contribution in [3.05, 3.63) is 58.1 Å². The van der Waals surface area contributed by atoms with E-state index in [1.807, 2.05) is 0 Å². The minimum atomic E-state index is -4.20. The van der Waals surface area contributed by atoms with Crippen molar-refractivity contribution in [3.63, 3.8) is 0 Å². The summed E-state index contributed by atoms with van der Waals surface area (Å²) in [7, 11) is -3.07. The molecule has 0 saturated heterocycles. The van der Waals surface area contributed by atoms with Crippen molar-refractivity contribution in [1.82, 2.24) is 0 Å². The molecule has 2 aromatic carbocycles. The number of ether oxygens (including phenoxy) is 2. The highest BCUT2D eigenvalue weighted by Gasteiger charge is 2.30. The van der Waals surface area contributed by atoms with Gasteiger partial charge >= 0.3 is 5.97 Å². The average molecular weight is 408 g/mol. The molecule has 0 aliphatic rings. The zero-order chi connectivity index (χ0) is 20.9. The van der Waals surface area contributed by atoms with Crippen LogP contribution in [0.25, 0.3) is 0 Å². The molecule has 150 valence electrons. The fourth-order valence-corrected chi connectivity index (χ4v) is 4.03. The molecule has 10 heteroatoms. The van der Waals surface area contributed by atoms with Crippen LogP contribution in [0.3, 0.4) is 0 Å². The molecule has 0 fully saturated rings. The third-order valence-electron chi connectivity index (χ3n) is 3.97. The molecule has 2 rings (SSSR count). The van der Waals surface area contributed by atoms with Crippen molar-refractivity contribution in [1.29, 1.82) is 0 Å². The number of esters is 1. The topological polar surface area (TPSA) is 116 Å². The predicted octanol–water partition coefficient (Wildman–Crippen LogP) is 2.67. The van der Waals surface area contributed by atoms with Crippen LogP contribution in [0.4, 0.5) is 11.4 Å². The molecule has 0 bridgehead atoms. The first kappa shape index (κ1) is 21.2. The number of rotatable bonds is 8. The van der Waals surface area contributed by atoms with Gasteiger partial charge in [-0.1, -0.05) is 6.07 Å². The molecule has 0 spiro atoms. The van der Waals surface area contributed by atoms with Gasteiger partial charge in [-0.15, -0.1) is 0 Å². The van der Waals surface area contributed by atoms with Crippen LogP contribution in [-0.4, -0.2) is 39.6 Å². The van der Waals surface area contributed by atoms with Crippen LogP contribution in [0.15, 0.2) is 47.4 Å². The Bertz CT molecular complexity index is 972. The van der Waals surface area contributed by atoms with Crippen molar-refractivity contribution < 1.29 is 27.6 Å². The molecule has 0 unspecified atom stereocenters. The van der Waals surface area contributed by atoms with E-state index in [9.17, 15) is 23.3 Å². The van der Waals surface area contributed by atoms with E-state index in [0.29, 0.717) is 12.4 Å². The maximum Gasteiger partial charge on any atom is 0.326 e. The lowest BCUT2D eigenvalue weighted by Gasteiger charge is -2.24. The molecular formula is C18H20N2O7S.